The summed E-state index contributed by atoms with van der Waals surface area (Å²) in [4.78, 5) is 21.9. The Kier molecular flexibility index (Phi) is 4.24. The van der Waals surface area contributed by atoms with Crippen LogP contribution in [0.2, 0.25) is 0 Å². The van der Waals surface area contributed by atoms with Gasteiger partial charge in [0.1, 0.15) is 11.4 Å². The first-order valence-corrected chi connectivity index (χ1v) is 8.19. The summed E-state index contributed by atoms with van der Waals surface area (Å²) in [5.74, 6) is -1.56. The number of phenolic OH excluding ortho intramolecular Hbond substituents is 1. The normalized spacial score (nSPS) is 10.8. The number of hydrogen-bond acceptors (Lipinski definition) is 6. The number of carboxylic acids is 1. The Hall–Kier alpha value is -4.14. The highest BCUT2D eigenvalue weighted by atomic mass is 19.1. The lowest BCUT2D eigenvalue weighted by atomic mass is 10.2. The molecule has 0 saturated heterocycles. The molecule has 0 radical (unpaired) electrons. The van der Waals surface area contributed by atoms with E-state index in [-0.39, 0.29) is 23.2 Å². The van der Waals surface area contributed by atoms with E-state index in [1.807, 2.05) is 0 Å². The summed E-state index contributed by atoms with van der Waals surface area (Å²) in [5.41, 5.74) is 1.84. The number of H-pyrrole nitrogens is 1. The lowest BCUT2D eigenvalue weighted by molar-refractivity contribution is 0.0691. The van der Waals surface area contributed by atoms with Crippen molar-refractivity contribution in [2.24, 2.45) is 0 Å². The van der Waals surface area contributed by atoms with Gasteiger partial charge in [0.15, 0.2) is 11.6 Å². The van der Waals surface area contributed by atoms with Crippen molar-refractivity contribution in [2.45, 2.75) is 0 Å². The first kappa shape index (κ1) is 17.3. The number of hydrogen-bond donors (Lipinski definition) is 5. The minimum atomic E-state index is -1.05. The summed E-state index contributed by atoms with van der Waals surface area (Å²) >= 11 is 0. The van der Waals surface area contributed by atoms with Crippen molar-refractivity contribution in [3.8, 4) is 5.75 Å². The van der Waals surface area contributed by atoms with Gasteiger partial charge in [-0.2, -0.15) is 4.98 Å². The summed E-state index contributed by atoms with van der Waals surface area (Å²) in [6.45, 7) is 0. The summed E-state index contributed by atoms with van der Waals surface area (Å²) in [5, 5.41) is 25.0. The number of rotatable bonds is 5. The number of carbonyl (C=O) groups is 1. The fourth-order valence-corrected chi connectivity index (χ4v) is 2.69. The minimum absolute atomic E-state index is 0.0401. The molecule has 0 bridgehead atoms. The van der Waals surface area contributed by atoms with E-state index in [1.54, 1.807) is 30.3 Å². The molecular weight excluding hydrogens is 365 g/mol. The van der Waals surface area contributed by atoms with Gasteiger partial charge in [-0.3, -0.25) is 0 Å². The number of nitrogens with zero attached hydrogens (tertiary/aromatic N) is 2. The van der Waals surface area contributed by atoms with E-state index < -0.39 is 11.8 Å². The summed E-state index contributed by atoms with van der Waals surface area (Å²) in [6, 6.07) is 12.9. The molecule has 0 spiro atoms. The van der Waals surface area contributed by atoms with Crippen LogP contribution in [0.4, 0.5) is 27.5 Å². The van der Waals surface area contributed by atoms with Gasteiger partial charge in [0.2, 0.25) is 5.95 Å². The third-order valence-electron chi connectivity index (χ3n) is 3.96. The van der Waals surface area contributed by atoms with Crippen LogP contribution >= 0.6 is 0 Å². The summed E-state index contributed by atoms with van der Waals surface area (Å²) in [7, 11) is 0. The molecule has 2 aromatic heterocycles. The maximum Gasteiger partial charge on any atom is 0.352 e. The van der Waals surface area contributed by atoms with E-state index in [4.69, 9.17) is 5.11 Å². The lowest BCUT2D eigenvalue weighted by Crippen LogP contribution is -2.03. The fourth-order valence-electron chi connectivity index (χ4n) is 2.69. The van der Waals surface area contributed by atoms with Gasteiger partial charge in [0.05, 0.1) is 6.20 Å². The number of anilines is 4. The highest BCUT2D eigenvalue weighted by Gasteiger charge is 2.10. The molecule has 5 N–H and O–H groups in total. The van der Waals surface area contributed by atoms with Crippen LogP contribution in [-0.2, 0) is 0 Å². The van der Waals surface area contributed by atoms with Crippen LogP contribution in [0.1, 0.15) is 10.5 Å². The van der Waals surface area contributed by atoms with Crippen molar-refractivity contribution in [2.75, 3.05) is 10.6 Å². The Balaban J connectivity index is 1.59. The van der Waals surface area contributed by atoms with Gasteiger partial charge in [-0.15, -0.1) is 0 Å². The molecule has 4 rings (SSSR count). The van der Waals surface area contributed by atoms with E-state index in [0.717, 1.165) is 6.20 Å². The van der Waals surface area contributed by atoms with Crippen LogP contribution in [0.3, 0.4) is 0 Å². The third-order valence-corrected chi connectivity index (χ3v) is 3.96. The monoisotopic (exact) mass is 379 g/mol. The molecule has 0 amide bonds. The molecule has 0 aliphatic heterocycles. The maximum absolute atomic E-state index is 14.0. The topological polar surface area (TPSA) is 123 Å². The van der Waals surface area contributed by atoms with Crippen molar-refractivity contribution in [3.05, 3.63) is 66.2 Å². The van der Waals surface area contributed by atoms with E-state index in [0.29, 0.717) is 22.3 Å². The molecule has 4 aromatic rings. The molecule has 2 aromatic carbocycles. The predicted octanol–water partition coefficient (Wildman–Crippen LogP) is 3.99. The number of aromatic hydroxyl groups is 1. The molecule has 140 valence electrons. The third kappa shape index (κ3) is 3.54. The number of carboxylic acid groups (broad SMARTS) is 1. The Morgan fingerprint density at radius 2 is 1.89 bits per heavy atom. The second-order valence-electron chi connectivity index (χ2n) is 5.98. The van der Waals surface area contributed by atoms with Crippen LogP contribution in [0.25, 0.3) is 10.9 Å². The van der Waals surface area contributed by atoms with E-state index >= 15 is 0 Å². The molecule has 8 nitrogen and oxygen atoms in total. The number of phenols is 1. The van der Waals surface area contributed by atoms with Gasteiger partial charge in [-0.1, -0.05) is 6.07 Å². The van der Waals surface area contributed by atoms with Crippen LogP contribution < -0.4 is 10.6 Å². The van der Waals surface area contributed by atoms with Crippen molar-refractivity contribution in [3.63, 3.8) is 0 Å². The number of aromatic nitrogens is 3. The number of aromatic carboxylic acids is 1. The standard InChI is InChI=1S/C19H14FN5O3/c20-14-9-21-19(25-17(14)22-11-2-1-3-13(26)8-11)23-12-4-5-15-10(6-12)7-16(24-15)18(27)28/h1-9,24,26H,(H,27,28)(H2,21,22,23,25). The Morgan fingerprint density at radius 1 is 1.07 bits per heavy atom. The summed E-state index contributed by atoms with van der Waals surface area (Å²) < 4.78 is 14.0. The minimum Gasteiger partial charge on any atom is -0.508 e. The largest absolute Gasteiger partial charge is 0.508 e. The first-order chi connectivity index (χ1) is 13.5. The van der Waals surface area contributed by atoms with E-state index in [9.17, 15) is 14.3 Å². The fraction of sp³-hybridized carbons (Fsp3) is 0. The first-order valence-electron chi connectivity index (χ1n) is 8.19. The second kappa shape index (κ2) is 6.88. The Bertz CT molecular complexity index is 1190. The number of nitrogens with one attached hydrogen (secondary N) is 3. The number of aromatic amines is 1. The van der Waals surface area contributed by atoms with Gasteiger partial charge in [-0.25, -0.2) is 14.2 Å². The molecule has 28 heavy (non-hydrogen) atoms. The number of fused-ring (bicyclic) bond motifs is 1. The van der Waals surface area contributed by atoms with E-state index in [2.05, 4.69) is 25.6 Å². The molecule has 9 heteroatoms. The second-order valence-corrected chi connectivity index (χ2v) is 5.98. The lowest BCUT2D eigenvalue weighted by Gasteiger charge is -2.10. The van der Waals surface area contributed by atoms with Crippen LogP contribution in [0.15, 0.2) is 54.7 Å². The molecule has 0 unspecified atom stereocenters. The smallest absolute Gasteiger partial charge is 0.352 e. The van der Waals surface area contributed by atoms with Gasteiger partial charge >= 0.3 is 5.97 Å². The SMILES string of the molecule is O=C(O)c1cc2cc(Nc3ncc(F)c(Nc4cccc(O)c4)n3)ccc2[nH]1. The van der Waals surface area contributed by atoms with Gasteiger partial charge < -0.3 is 25.8 Å². The van der Waals surface area contributed by atoms with E-state index in [1.165, 1.54) is 18.2 Å². The van der Waals surface area contributed by atoms with Crippen molar-refractivity contribution < 1.29 is 19.4 Å². The summed E-state index contributed by atoms with van der Waals surface area (Å²) in [6.07, 6.45) is 1.03. The molecule has 0 atom stereocenters. The maximum atomic E-state index is 14.0. The van der Waals surface area contributed by atoms with Crippen molar-refractivity contribution in [1.82, 2.24) is 15.0 Å². The predicted molar refractivity (Wildman–Crippen MR) is 102 cm³/mol. The quantitative estimate of drug-likeness (QED) is 0.355. The van der Waals surface area contributed by atoms with Crippen LogP contribution in [-0.4, -0.2) is 31.1 Å². The molecule has 0 aliphatic rings. The van der Waals surface area contributed by atoms with Gasteiger partial charge in [0, 0.05) is 28.3 Å². The number of halogens is 1. The average Bonchev–Trinajstić information content (AvgIpc) is 3.08. The molecule has 0 aliphatic carbocycles. The van der Waals surface area contributed by atoms with Crippen molar-refractivity contribution >= 4 is 40.0 Å². The molecular formula is C19H14FN5O3. The average molecular weight is 379 g/mol. The zero-order valence-electron chi connectivity index (χ0n) is 14.3. The molecule has 2 heterocycles. The number of benzene rings is 2. The Labute approximate surface area is 157 Å². The molecule has 0 saturated carbocycles. The zero-order valence-corrected chi connectivity index (χ0v) is 14.3. The highest BCUT2D eigenvalue weighted by molar-refractivity contribution is 5.94. The van der Waals surface area contributed by atoms with Gasteiger partial charge in [-0.05, 0) is 36.4 Å². The van der Waals surface area contributed by atoms with Crippen LogP contribution in [0, 0.1) is 5.82 Å². The molecule has 0 fully saturated rings. The highest BCUT2D eigenvalue weighted by Crippen LogP contribution is 2.25. The van der Waals surface area contributed by atoms with Gasteiger partial charge in [0.25, 0.3) is 0 Å². The van der Waals surface area contributed by atoms with Crippen LogP contribution in [0.5, 0.6) is 5.75 Å². The zero-order chi connectivity index (χ0) is 19.7. The van der Waals surface area contributed by atoms with Crippen molar-refractivity contribution in [1.29, 1.82) is 0 Å². The Morgan fingerprint density at radius 3 is 2.68 bits per heavy atom.